The molecule has 0 unspecified atom stereocenters. The summed E-state index contributed by atoms with van der Waals surface area (Å²) in [6.07, 6.45) is 2.04. The Morgan fingerprint density at radius 3 is 2.95 bits per heavy atom. The first-order chi connectivity index (χ1) is 9.10. The molecular weight excluding hydrogens is 264 g/mol. The zero-order valence-corrected chi connectivity index (χ0v) is 12.5. The van der Waals surface area contributed by atoms with Crippen molar-refractivity contribution >= 4 is 28.2 Å². The van der Waals surface area contributed by atoms with E-state index in [-0.39, 0.29) is 5.91 Å². The van der Waals surface area contributed by atoms with Crippen molar-refractivity contribution in [2.45, 2.75) is 19.8 Å². The molecule has 7 heteroatoms. The van der Waals surface area contributed by atoms with Crippen LogP contribution in [0.4, 0.5) is 10.9 Å². The first kappa shape index (κ1) is 15.7. The van der Waals surface area contributed by atoms with E-state index in [4.69, 9.17) is 10.5 Å². The number of nitrogens with two attached hydrogens (primary N) is 1. The fourth-order valence-corrected chi connectivity index (χ4v) is 2.40. The van der Waals surface area contributed by atoms with Gasteiger partial charge in [0.15, 0.2) is 5.13 Å². The first-order valence-electron chi connectivity index (χ1n) is 6.34. The summed E-state index contributed by atoms with van der Waals surface area (Å²) in [6.45, 7) is 4.05. The van der Waals surface area contributed by atoms with Crippen LogP contribution in [0.3, 0.4) is 0 Å². The molecule has 0 atom stereocenters. The molecule has 1 heterocycles. The van der Waals surface area contributed by atoms with Crippen molar-refractivity contribution in [1.82, 2.24) is 9.88 Å². The van der Waals surface area contributed by atoms with Crippen molar-refractivity contribution in [2.24, 2.45) is 0 Å². The molecule has 1 aromatic heterocycles. The van der Waals surface area contributed by atoms with Crippen LogP contribution in [0.25, 0.3) is 0 Å². The van der Waals surface area contributed by atoms with E-state index in [9.17, 15) is 4.79 Å². The summed E-state index contributed by atoms with van der Waals surface area (Å²) in [4.78, 5) is 18.5. The van der Waals surface area contributed by atoms with Gasteiger partial charge >= 0.3 is 0 Å². The van der Waals surface area contributed by atoms with Crippen LogP contribution in [0.15, 0.2) is 0 Å². The minimum absolute atomic E-state index is 0.0664. The minimum Gasteiger partial charge on any atom is -0.383 e. The molecule has 0 bridgehead atoms. The average molecular weight is 286 g/mol. The van der Waals surface area contributed by atoms with Gasteiger partial charge in [-0.1, -0.05) is 24.7 Å². The molecule has 108 valence electrons. The minimum atomic E-state index is -0.0664. The zero-order valence-electron chi connectivity index (χ0n) is 11.7. The third-order valence-electron chi connectivity index (χ3n) is 2.62. The molecule has 1 amide bonds. The Morgan fingerprint density at radius 1 is 1.58 bits per heavy atom. The number of unbranched alkanes of at least 4 members (excludes halogenated alkanes) is 1. The molecule has 0 aromatic carbocycles. The number of nitrogens with zero attached hydrogens (tertiary/aromatic N) is 2. The molecule has 3 N–H and O–H groups in total. The van der Waals surface area contributed by atoms with E-state index >= 15 is 0 Å². The summed E-state index contributed by atoms with van der Waals surface area (Å²) in [5.41, 5.74) is 5.79. The van der Waals surface area contributed by atoms with Crippen LogP contribution in [0.1, 0.15) is 29.4 Å². The molecule has 0 fully saturated rings. The highest BCUT2D eigenvalue weighted by molar-refractivity contribution is 7.18. The van der Waals surface area contributed by atoms with Crippen LogP contribution >= 0.6 is 11.3 Å². The number of carbonyl (C=O) groups excluding carboxylic acids is 1. The number of hydrogen-bond donors (Lipinski definition) is 2. The molecule has 0 saturated carbocycles. The van der Waals surface area contributed by atoms with Crippen LogP contribution in [-0.4, -0.2) is 49.6 Å². The van der Waals surface area contributed by atoms with E-state index in [1.165, 1.54) is 11.3 Å². The van der Waals surface area contributed by atoms with Crippen molar-refractivity contribution < 1.29 is 9.53 Å². The lowest BCUT2D eigenvalue weighted by molar-refractivity contribution is 0.0799. The molecule has 19 heavy (non-hydrogen) atoms. The second-order valence-electron chi connectivity index (χ2n) is 4.23. The van der Waals surface area contributed by atoms with Crippen molar-refractivity contribution in [2.75, 3.05) is 44.9 Å². The number of anilines is 2. The Morgan fingerprint density at radius 2 is 2.32 bits per heavy atom. The van der Waals surface area contributed by atoms with Crippen molar-refractivity contribution in [3.63, 3.8) is 0 Å². The summed E-state index contributed by atoms with van der Waals surface area (Å²) in [6, 6.07) is 0. The Bertz CT molecular complexity index is 408. The van der Waals surface area contributed by atoms with Crippen LogP contribution in [0.2, 0.25) is 0 Å². The third kappa shape index (κ3) is 4.68. The summed E-state index contributed by atoms with van der Waals surface area (Å²) < 4.78 is 4.94. The summed E-state index contributed by atoms with van der Waals surface area (Å²) in [7, 11) is 3.42. The third-order valence-corrected chi connectivity index (χ3v) is 3.64. The smallest absolute Gasteiger partial charge is 0.267 e. The lowest BCUT2D eigenvalue weighted by atomic mass is 10.3. The summed E-state index contributed by atoms with van der Waals surface area (Å²) >= 11 is 1.29. The maximum absolute atomic E-state index is 12.2. The van der Waals surface area contributed by atoms with Crippen molar-refractivity contribution in [1.29, 1.82) is 0 Å². The number of hydrogen-bond acceptors (Lipinski definition) is 6. The average Bonchev–Trinajstić information content (AvgIpc) is 2.76. The predicted octanol–water partition coefficient (Wildman–Crippen LogP) is 1.66. The second-order valence-corrected chi connectivity index (χ2v) is 5.23. The van der Waals surface area contributed by atoms with Gasteiger partial charge in [0.2, 0.25) is 0 Å². The highest BCUT2D eigenvalue weighted by atomic mass is 32.1. The number of nitrogen functional groups attached to an aromatic ring is 1. The van der Waals surface area contributed by atoms with Gasteiger partial charge in [-0.05, 0) is 6.42 Å². The predicted molar refractivity (Wildman–Crippen MR) is 78.8 cm³/mol. The Kier molecular flexibility index (Phi) is 6.58. The molecule has 0 saturated heterocycles. The fourth-order valence-electron chi connectivity index (χ4n) is 1.49. The summed E-state index contributed by atoms with van der Waals surface area (Å²) in [5, 5.41) is 3.73. The number of carbonyl (C=O) groups is 1. The van der Waals surface area contributed by atoms with E-state index in [1.807, 2.05) is 0 Å². The Hall–Kier alpha value is -1.34. The zero-order chi connectivity index (χ0) is 14.3. The van der Waals surface area contributed by atoms with E-state index < -0.39 is 0 Å². The summed E-state index contributed by atoms with van der Waals surface area (Å²) in [5.74, 6) is 0.224. The molecule has 0 aliphatic carbocycles. The quantitative estimate of drug-likeness (QED) is 0.710. The number of amides is 1. The first-order valence-corrected chi connectivity index (χ1v) is 7.16. The molecule has 0 radical (unpaired) electrons. The van der Waals surface area contributed by atoms with Crippen LogP contribution in [0.5, 0.6) is 0 Å². The molecule has 1 aromatic rings. The largest absolute Gasteiger partial charge is 0.383 e. The van der Waals surface area contributed by atoms with Crippen LogP contribution < -0.4 is 11.1 Å². The van der Waals surface area contributed by atoms with Crippen LogP contribution in [-0.2, 0) is 4.74 Å². The normalized spacial score (nSPS) is 10.5. The molecular formula is C12H22N4O2S. The highest BCUT2D eigenvalue weighted by Gasteiger charge is 2.19. The molecule has 1 rings (SSSR count). The van der Waals surface area contributed by atoms with Crippen molar-refractivity contribution in [3.8, 4) is 0 Å². The maximum atomic E-state index is 12.2. The monoisotopic (exact) mass is 286 g/mol. The number of nitrogens with one attached hydrogen (secondary N) is 1. The topological polar surface area (TPSA) is 80.5 Å². The van der Waals surface area contributed by atoms with Gasteiger partial charge in [-0.25, -0.2) is 4.98 Å². The number of ether oxygens (including phenoxy) is 1. The standard InChI is InChI=1S/C12H22N4O2S/c1-4-5-7-16(2)11(17)9-10(13)15-12(19-9)14-6-8-18-3/h4-8,13H2,1-3H3,(H,14,15). The highest BCUT2D eigenvalue weighted by Crippen LogP contribution is 2.25. The molecule has 0 aliphatic rings. The second kappa shape index (κ2) is 7.96. The van der Waals surface area contributed by atoms with E-state index in [0.717, 1.165) is 19.4 Å². The van der Waals surface area contributed by atoms with E-state index in [1.54, 1.807) is 19.1 Å². The van der Waals surface area contributed by atoms with Gasteiger partial charge < -0.3 is 20.7 Å². The fraction of sp³-hybridized carbons (Fsp3) is 0.667. The van der Waals surface area contributed by atoms with Gasteiger partial charge in [0.25, 0.3) is 5.91 Å². The number of aromatic nitrogens is 1. The lowest BCUT2D eigenvalue weighted by Gasteiger charge is -2.15. The molecule has 0 aliphatic heterocycles. The lowest BCUT2D eigenvalue weighted by Crippen LogP contribution is -2.27. The van der Waals surface area contributed by atoms with E-state index in [2.05, 4.69) is 17.2 Å². The SMILES string of the molecule is CCCCN(C)C(=O)c1sc(NCCOC)nc1N. The Labute approximate surface area is 118 Å². The van der Waals surface area contributed by atoms with Gasteiger partial charge in [-0.2, -0.15) is 0 Å². The molecule has 0 spiro atoms. The molecule has 6 nitrogen and oxygen atoms in total. The maximum Gasteiger partial charge on any atom is 0.267 e. The number of thiazole rings is 1. The van der Waals surface area contributed by atoms with Gasteiger partial charge in [-0.15, -0.1) is 0 Å². The van der Waals surface area contributed by atoms with Gasteiger partial charge in [0.05, 0.1) is 6.61 Å². The number of rotatable bonds is 8. The van der Waals surface area contributed by atoms with Gasteiger partial charge in [-0.3, -0.25) is 4.79 Å². The van der Waals surface area contributed by atoms with Crippen molar-refractivity contribution in [3.05, 3.63) is 4.88 Å². The van der Waals surface area contributed by atoms with Crippen LogP contribution in [0, 0.1) is 0 Å². The Balaban J connectivity index is 2.64. The number of methoxy groups -OCH3 is 1. The van der Waals surface area contributed by atoms with Gasteiger partial charge in [0, 0.05) is 27.2 Å². The van der Waals surface area contributed by atoms with E-state index in [0.29, 0.717) is 29.0 Å². The van der Waals surface area contributed by atoms with Gasteiger partial charge in [0.1, 0.15) is 10.7 Å².